The predicted octanol–water partition coefficient (Wildman–Crippen LogP) is 2.91. The van der Waals surface area contributed by atoms with Gasteiger partial charge < -0.3 is 14.9 Å². The molecule has 2 N–H and O–H groups in total. The summed E-state index contributed by atoms with van der Waals surface area (Å²) in [5.74, 6) is -0.927. The number of fused-ring (bicyclic) bond motifs is 1. The number of nitrogens with zero attached hydrogens (tertiary/aromatic N) is 2. The van der Waals surface area contributed by atoms with E-state index < -0.39 is 11.1 Å². The standard InChI is InChI=1S/C17H15N3O5.ClH/c21-17(22)9-14-13-5-4-11(10-25-20(23)24)7-15(13)19-16(14)8-12-3-1-2-6-18-12;/h1-7,19H,8-10H2,(H,21,22);1H. The molecule has 0 saturated heterocycles. The number of pyridine rings is 1. The minimum absolute atomic E-state index is 0. The summed E-state index contributed by atoms with van der Waals surface area (Å²) in [6, 6.07) is 10.7. The molecule has 0 aliphatic carbocycles. The number of rotatable bonds is 7. The van der Waals surface area contributed by atoms with E-state index in [-0.39, 0.29) is 25.4 Å². The van der Waals surface area contributed by atoms with Crippen LogP contribution in [0.5, 0.6) is 0 Å². The number of carboxylic acids is 1. The van der Waals surface area contributed by atoms with Crippen molar-refractivity contribution in [2.24, 2.45) is 0 Å². The monoisotopic (exact) mass is 377 g/mol. The first-order valence-electron chi connectivity index (χ1n) is 7.54. The highest BCUT2D eigenvalue weighted by atomic mass is 35.5. The molecule has 26 heavy (non-hydrogen) atoms. The van der Waals surface area contributed by atoms with Crippen LogP contribution in [0, 0.1) is 10.1 Å². The molecule has 0 fully saturated rings. The van der Waals surface area contributed by atoms with Crippen LogP contribution in [0.25, 0.3) is 10.9 Å². The number of nitrogens with one attached hydrogen (secondary N) is 1. The highest BCUT2D eigenvalue weighted by Gasteiger charge is 2.15. The summed E-state index contributed by atoms with van der Waals surface area (Å²) in [5.41, 5.74) is 3.61. The normalized spacial score (nSPS) is 10.3. The highest BCUT2D eigenvalue weighted by Crippen LogP contribution is 2.26. The van der Waals surface area contributed by atoms with E-state index in [0.717, 1.165) is 16.8 Å². The summed E-state index contributed by atoms with van der Waals surface area (Å²) in [7, 11) is 0. The lowest BCUT2D eigenvalue weighted by Gasteiger charge is -2.03. The number of benzene rings is 1. The van der Waals surface area contributed by atoms with Crippen LogP contribution in [0.1, 0.15) is 22.5 Å². The van der Waals surface area contributed by atoms with Crippen LogP contribution in [0.2, 0.25) is 0 Å². The van der Waals surface area contributed by atoms with Gasteiger partial charge in [0.2, 0.25) is 0 Å². The van der Waals surface area contributed by atoms with Gasteiger partial charge in [-0.1, -0.05) is 18.2 Å². The molecule has 2 heterocycles. The third-order valence-corrected chi connectivity index (χ3v) is 3.81. The van der Waals surface area contributed by atoms with Crippen molar-refractivity contribution in [1.29, 1.82) is 0 Å². The summed E-state index contributed by atoms with van der Waals surface area (Å²) < 4.78 is 0. The highest BCUT2D eigenvalue weighted by molar-refractivity contribution is 5.89. The summed E-state index contributed by atoms with van der Waals surface area (Å²) >= 11 is 0. The molecule has 0 bridgehead atoms. The molecule has 0 amide bonds. The van der Waals surface area contributed by atoms with Gasteiger partial charge in [-0.25, -0.2) is 0 Å². The van der Waals surface area contributed by atoms with Crippen LogP contribution in [-0.2, 0) is 29.1 Å². The smallest absolute Gasteiger partial charge is 0.307 e. The summed E-state index contributed by atoms with van der Waals surface area (Å²) in [6.07, 6.45) is 2.04. The Kier molecular flexibility index (Phi) is 6.13. The van der Waals surface area contributed by atoms with Crippen LogP contribution in [-0.4, -0.2) is 26.1 Å². The van der Waals surface area contributed by atoms with Crippen molar-refractivity contribution >= 4 is 29.3 Å². The molecule has 0 atom stereocenters. The molecule has 0 aliphatic rings. The number of halogens is 1. The molecular weight excluding hydrogens is 362 g/mol. The zero-order valence-corrected chi connectivity index (χ0v) is 14.4. The van der Waals surface area contributed by atoms with Gasteiger partial charge in [-0.15, -0.1) is 22.5 Å². The SMILES string of the molecule is Cl.O=C(O)Cc1c(Cc2ccccn2)[nH]c2cc(CO[N+](=O)[O-])ccc12. The maximum atomic E-state index is 11.2. The number of carbonyl (C=O) groups is 1. The van der Waals surface area contributed by atoms with E-state index in [4.69, 9.17) is 0 Å². The first kappa shape index (κ1) is 19.2. The first-order chi connectivity index (χ1) is 12.0. The lowest BCUT2D eigenvalue weighted by Crippen LogP contribution is -2.03. The van der Waals surface area contributed by atoms with Gasteiger partial charge in [0.05, 0.1) is 6.42 Å². The topological polar surface area (TPSA) is 118 Å². The molecule has 8 nitrogen and oxygen atoms in total. The molecule has 3 rings (SSSR count). The molecule has 0 aliphatic heterocycles. The molecule has 0 saturated carbocycles. The summed E-state index contributed by atoms with van der Waals surface area (Å²) in [6.45, 7) is -0.161. The Hall–Kier alpha value is -3.13. The lowest BCUT2D eigenvalue weighted by molar-refractivity contribution is -0.763. The van der Waals surface area contributed by atoms with E-state index in [1.54, 1.807) is 24.4 Å². The second-order valence-corrected chi connectivity index (χ2v) is 5.53. The Morgan fingerprint density at radius 3 is 2.77 bits per heavy atom. The first-order valence-corrected chi connectivity index (χ1v) is 7.54. The average molecular weight is 378 g/mol. The van der Waals surface area contributed by atoms with Gasteiger partial charge >= 0.3 is 5.97 Å². The Balaban J connectivity index is 0.00000243. The molecule has 9 heteroatoms. The van der Waals surface area contributed by atoms with Crippen LogP contribution in [0.15, 0.2) is 42.6 Å². The van der Waals surface area contributed by atoms with Crippen molar-refractivity contribution in [3.8, 4) is 0 Å². The zero-order valence-electron chi connectivity index (χ0n) is 13.5. The molecule has 0 radical (unpaired) electrons. The molecular formula is C17H16ClN3O5. The summed E-state index contributed by atoms with van der Waals surface area (Å²) in [5, 5.41) is 19.5. The Morgan fingerprint density at radius 1 is 1.31 bits per heavy atom. The second-order valence-electron chi connectivity index (χ2n) is 5.53. The number of carboxylic acid groups (broad SMARTS) is 1. The fourth-order valence-electron chi connectivity index (χ4n) is 2.76. The number of H-pyrrole nitrogens is 1. The van der Waals surface area contributed by atoms with E-state index in [1.165, 1.54) is 0 Å². The second kappa shape index (κ2) is 8.30. The minimum Gasteiger partial charge on any atom is -0.481 e. The molecule has 3 aromatic rings. The van der Waals surface area contributed by atoms with Crippen LogP contribution < -0.4 is 0 Å². The van der Waals surface area contributed by atoms with E-state index >= 15 is 0 Å². The number of hydrogen-bond acceptors (Lipinski definition) is 5. The fraction of sp³-hybridized carbons (Fsp3) is 0.176. The van der Waals surface area contributed by atoms with Crippen molar-refractivity contribution < 1.29 is 19.8 Å². The van der Waals surface area contributed by atoms with Crippen molar-refractivity contribution in [3.05, 3.63) is 75.2 Å². The molecule has 136 valence electrons. The number of aromatic amines is 1. The third-order valence-electron chi connectivity index (χ3n) is 3.81. The minimum atomic E-state index is -0.927. The van der Waals surface area contributed by atoms with Gasteiger partial charge in [0.1, 0.15) is 6.61 Å². The van der Waals surface area contributed by atoms with E-state index in [0.29, 0.717) is 23.1 Å². The van der Waals surface area contributed by atoms with Gasteiger partial charge in [-0.2, -0.15) is 0 Å². The van der Waals surface area contributed by atoms with Gasteiger partial charge in [-0.3, -0.25) is 9.78 Å². The number of aliphatic carboxylic acids is 1. The molecule has 1 aromatic carbocycles. The van der Waals surface area contributed by atoms with Gasteiger partial charge in [0.15, 0.2) is 0 Å². The van der Waals surface area contributed by atoms with Crippen LogP contribution >= 0.6 is 12.4 Å². The van der Waals surface area contributed by atoms with Crippen LogP contribution in [0.4, 0.5) is 0 Å². The van der Waals surface area contributed by atoms with Gasteiger partial charge in [0.25, 0.3) is 5.09 Å². The Morgan fingerprint density at radius 2 is 2.12 bits per heavy atom. The summed E-state index contributed by atoms with van der Waals surface area (Å²) in [4.78, 5) is 33.4. The predicted molar refractivity (Wildman–Crippen MR) is 95.7 cm³/mol. The zero-order chi connectivity index (χ0) is 17.8. The number of aromatic nitrogens is 2. The van der Waals surface area contributed by atoms with E-state index in [2.05, 4.69) is 14.8 Å². The van der Waals surface area contributed by atoms with Crippen molar-refractivity contribution in [2.75, 3.05) is 0 Å². The van der Waals surface area contributed by atoms with Crippen molar-refractivity contribution in [3.63, 3.8) is 0 Å². The van der Waals surface area contributed by atoms with Gasteiger partial charge in [-0.05, 0) is 29.3 Å². The maximum Gasteiger partial charge on any atom is 0.307 e. The van der Waals surface area contributed by atoms with Gasteiger partial charge in [0, 0.05) is 34.9 Å². The lowest BCUT2D eigenvalue weighted by atomic mass is 10.0. The fourth-order valence-corrected chi connectivity index (χ4v) is 2.76. The Labute approximate surface area is 154 Å². The Bertz CT molecular complexity index is 927. The molecule has 0 spiro atoms. The quantitative estimate of drug-likeness (QED) is 0.482. The van der Waals surface area contributed by atoms with Crippen LogP contribution in [0.3, 0.4) is 0 Å². The average Bonchev–Trinajstić information content (AvgIpc) is 2.90. The number of hydrogen-bond donors (Lipinski definition) is 2. The van der Waals surface area contributed by atoms with E-state index in [9.17, 15) is 20.0 Å². The largest absolute Gasteiger partial charge is 0.481 e. The third kappa shape index (κ3) is 4.48. The molecule has 0 unspecified atom stereocenters. The van der Waals surface area contributed by atoms with Crippen molar-refractivity contribution in [1.82, 2.24) is 9.97 Å². The van der Waals surface area contributed by atoms with E-state index in [1.807, 2.05) is 18.2 Å². The molecule has 2 aromatic heterocycles. The maximum absolute atomic E-state index is 11.2. The van der Waals surface area contributed by atoms with Crippen molar-refractivity contribution in [2.45, 2.75) is 19.4 Å².